The Morgan fingerprint density at radius 3 is 2.37 bits per heavy atom. The summed E-state index contributed by atoms with van der Waals surface area (Å²) in [5, 5.41) is 0.985. The second-order valence-corrected chi connectivity index (χ2v) is 6.41. The maximum Gasteiger partial charge on any atom is 0.163 e. The molecule has 0 aliphatic carbocycles. The minimum atomic E-state index is -0.452. The van der Waals surface area contributed by atoms with Gasteiger partial charge in [0.15, 0.2) is 5.79 Å². The summed E-state index contributed by atoms with van der Waals surface area (Å²) in [5.41, 5.74) is 1.38. The SMILES string of the molecule is CC1(C)O[C@@H](CCBr)C[C@H](CCc2ccccc2)O1. The van der Waals surface area contributed by atoms with Crippen molar-refractivity contribution in [3.8, 4) is 0 Å². The molecule has 2 rings (SSSR count). The Balaban J connectivity index is 1.88. The molecule has 0 amide bonds. The highest BCUT2D eigenvalue weighted by atomic mass is 79.9. The van der Waals surface area contributed by atoms with Crippen LogP contribution in [0.1, 0.15) is 38.7 Å². The van der Waals surface area contributed by atoms with Gasteiger partial charge in [-0.25, -0.2) is 0 Å². The van der Waals surface area contributed by atoms with E-state index >= 15 is 0 Å². The van der Waals surface area contributed by atoms with E-state index in [0.29, 0.717) is 12.2 Å². The predicted octanol–water partition coefficient (Wildman–Crippen LogP) is 4.31. The molecule has 1 saturated heterocycles. The van der Waals surface area contributed by atoms with Crippen LogP contribution < -0.4 is 0 Å². The van der Waals surface area contributed by atoms with Gasteiger partial charge in [-0.2, -0.15) is 0 Å². The molecule has 1 aliphatic rings. The summed E-state index contributed by atoms with van der Waals surface area (Å²) < 4.78 is 12.0. The normalized spacial score (nSPS) is 26.3. The molecular formula is C16H23BrO2. The second-order valence-electron chi connectivity index (χ2n) is 5.62. The smallest absolute Gasteiger partial charge is 0.163 e. The van der Waals surface area contributed by atoms with Crippen LogP contribution in [0.4, 0.5) is 0 Å². The molecule has 1 heterocycles. The van der Waals surface area contributed by atoms with Gasteiger partial charge >= 0.3 is 0 Å². The minimum absolute atomic E-state index is 0.299. The molecular weight excluding hydrogens is 304 g/mol. The Kier molecular flexibility index (Phi) is 5.43. The highest BCUT2D eigenvalue weighted by Gasteiger charge is 2.34. The van der Waals surface area contributed by atoms with Crippen LogP contribution in [0.5, 0.6) is 0 Å². The van der Waals surface area contributed by atoms with E-state index in [-0.39, 0.29) is 0 Å². The Hall–Kier alpha value is -0.380. The highest BCUT2D eigenvalue weighted by molar-refractivity contribution is 9.09. The van der Waals surface area contributed by atoms with E-state index in [1.165, 1.54) is 5.56 Å². The van der Waals surface area contributed by atoms with E-state index < -0.39 is 5.79 Å². The van der Waals surface area contributed by atoms with Gasteiger partial charge < -0.3 is 9.47 Å². The predicted molar refractivity (Wildman–Crippen MR) is 81.6 cm³/mol. The zero-order chi connectivity index (χ0) is 13.7. The average molecular weight is 327 g/mol. The summed E-state index contributed by atoms with van der Waals surface area (Å²) >= 11 is 3.50. The van der Waals surface area contributed by atoms with E-state index in [9.17, 15) is 0 Å². The van der Waals surface area contributed by atoms with Crippen LogP contribution in [0, 0.1) is 0 Å². The number of benzene rings is 1. The molecule has 0 N–H and O–H groups in total. The number of hydrogen-bond donors (Lipinski definition) is 0. The highest BCUT2D eigenvalue weighted by Crippen LogP contribution is 2.30. The standard InChI is InChI=1S/C16H23BrO2/c1-16(2)18-14(12-15(19-16)10-11-17)9-8-13-6-4-3-5-7-13/h3-7,14-15H,8-12H2,1-2H3/t14-,15-/m0/s1. The summed E-state index contributed by atoms with van der Waals surface area (Å²) in [7, 11) is 0. The van der Waals surface area contributed by atoms with Gasteiger partial charge in [0.1, 0.15) is 0 Å². The topological polar surface area (TPSA) is 18.5 Å². The average Bonchev–Trinajstić information content (AvgIpc) is 2.36. The fourth-order valence-corrected chi connectivity index (χ4v) is 3.18. The summed E-state index contributed by atoms with van der Waals surface area (Å²) in [6.45, 7) is 4.03. The van der Waals surface area contributed by atoms with Crippen LogP contribution in [-0.4, -0.2) is 23.3 Å². The molecule has 0 saturated carbocycles. The molecule has 1 fully saturated rings. The molecule has 0 spiro atoms. The molecule has 1 aliphatic heterocycles. The molecule has 0 aromatic heterocycles. The maximum atomic E-state index is 6.03. The molecule has 2 nitrogen and oxygen atoms in total. The van der Waals surface area contributed by atoms with Crippen molar-refractivity contribution in [1.29, 1.82) is 0 Å². The Morgan fingerprint density at radius 1 is 1.11 bits per heavy atom. The largest absolute Gasteiger partial charge is 0.347 e. The first-order valence-corrected chi connectivity index (χ1v) is 8.17. The molecule has 106 valence electrons. The molecule has 0 unspecified atom stereocenters. The third kappa shape index (κ3) is 4.90. The third-order valence-corrected chi connectivity index (χ3v) is 3.91. The van der Waals surface area contributed by atoms with Gasteiger partial charge in [-0.1, -0.05) is 46.3 Å². The summed E-state index contributed by atoms with van der Waals surface area (Å²) in [4.78, 5) is 0. The number of aryl methyl sites for hydroxylation is 1. The van der Waals surface area contributed by atoms with Crippen molar-refractivity contribution in [2.24, 2.45) is 0 Å². The molecule has 0 radical (unpaired) electrons. The molecule has 3 heteroatoms. The first-order chi connectivity index (χ1) is 9.09. The summed E-state index contributed by atoms with van der Waals surface area (Å²) in [6, 6.07) is 10.6. The number of ether oxygens (including phenoxy) is 2. The van der Waals surface area contributed by atoms with Gasteiger partial charge in [0.05, 0.1) is 12.2 Å². The fourth-order valence-electron chi connectivity index (χ4n) is 2.67. The van der Waals surface area contributed by atoms with E-state index in [0.717, 1.165) is 31.0 Å². The Morgan fingerprint density at radius 2 is 1.74 bits per heavy atom. The molecule has 0 bridgehead atoms. The minimum Gasteiger partial charge on any atom is -0.347 e. The summed E-state index contributed by atoms with van der Waals surface area (Å²) in [5.74, 6) is -0.452. The first kappa shape index (κ1) is 15.0. The lowest BCUT2D eigenvalue weighted by Crippen LogP contribution is -2.44. The van der Waals surface area contributed by atoms with E-state index in [2.05, 4.69) is 46.3 Å². The number of rotatable bonds is 5. The van der Waals surface area contributed by atoms with Gasteiger partial charge in [-0.15, -0.1) is 0 Å². The van der Waals surface area contributed by atoms with Crippen molar-refractivity contribution in [1.82, 2.24) is 0 Å². The molecule has 1 aromatic carbocycles. The van der Waals surface area contributed by atoms with Crippen LogP contribution in [-0.2, 0) is 15.9 Å². The lowest BCUT2D eigenvalue weighted by atomic mass is 10.00. The number of alkyl halides is 1. The van der Waals surface area contributed by atoms with E-state index in [4.69, 9.17) is 9.47 Å². The second kappa shape index (κ2) is 6.87. The zero-order valence-corrected chi connectivity index (χ0v) is 13.4. The Bertz CT molecular complexity index is 378. The molecule has 1 aromatic rings. The van der Waals surface area contributed by atoms with Crippen molar-refractivity contribution in [2.45, 2.75) is 57.5 Å². The van der Waals surface area contributed by atoms with Crippen molar-refractivity contribution < 1.29 is 9.47 Å². The number of hydrogen-bond acceptors (Lipinski definition) is 2. The number of halogens is 1. The van der Waals surface area contributed by atoms with Crippen molar-refractivity contribution in [3.63, 3.8) is 0 Å². The lowest BCUT2D eigenvalue weighted by Gasteiger charge is -2.41. The van der Waals surface area contributed by atoms with Crippen LogP contribution in [0.25, 0.3) is 0 Å². The van der Waals surface area contributed by atoms with Gasteiger partial charge in [0.2, 0.25) is 0 Å². The first-order valence-electron chi connectivity index (χ1n) is 7.04. The van der Waals surface area contributed by atoms with Crippen LogP contribution in [0.15, 0.2) is 30.3 Å². The quantitative estimate of drug-likeness (QED) is 0.750. The van der Waals surface area contributed by atoms with Crippen LogP contribution in [0.2, 0.25) is 0 Å². The molecule has 19 heavy (non-hydrogen) atoms. The van der Waals surface area contributed by atoms with Gasteiger partial charge in [0, 0.05) is 11.8 Å². The summed E-state index contributed by atoms with van der Waals surface area (Å²) in [6.07, 6.45) is 4.80. The van der Waals surface area contributed by atoms with E-state index in [1.54, 1.807) is 0 Å². The molecule has 2 atom stereocenters. The van der Waals surface area contributed by atoms with Crippen molar-refractivity contribution in [3.05, 3.63) is 35.9 Å². The lowest BCUT2D eigenvalue weighted by molar-refractivity contribution is -0.300. The maximum absolute atomic E-state index is 6.03. The van der Waals surface area contributed by atoms with Crippen molar-refractivity contribution in [2.75, 3.05) is 5.33 Å². The fraction of sp³-hybridized carbons (Fsp3) is 0.625. The van der Waals surface area contributed by atoms with Crippen LogP contribution in [0.3, 0.4) is 0 Å². The van der Waals surface area contributed by atoms with Gasteiger partial charge in [0.25, 0.3) is 0 Å². The van der Waals surface area contributed by atoms with Gasteiger partial charge in [-0.05, 0) is 38.7 Å². The zero-order valence-electron chi connectivity index (χ0n) is 11.8. The van der Waals surface area contributed by atoms with E-state index in [1.807, 2.05) is 13.8 Å². The van der Waals surface area contributed by atoms with Gasteiger partial charge in [-0.3, -0.25) is 0 Å². The van der Waals surface area contributed by atoms with Crippen molar-refractivity contribution >= 4 is 15.9 Å². The Labute approximate surface area is 124 Å². The monoisotopic (exact) mass is 326 g/mol. The third-order valence-electron chi connectivity index (χ3n) is 3.46. The van der Waals surface area contributed by atoms with Crippen LogP contribution >= 0.6 is 15.9 Å².